The molecule has 37 heavy (non-hydrogen) atoms. The Morgan fingerprint density at radius 3 is 2.46 bits per heavy atom. The van der Waals surface area contributed by atoms with Gasteiger partial charge in [0, 0.05) is 50.6 Å². The first-order valence-corrected chi connectivity index (χ1v) is 11.8. The summed E-state index contributed by atoms with van der Waals surface area (Å²) in [6.45, 7) is 8.14. The van der Waals surface area contributed by atoms with Crippen LogP contribution in [-0.4, -0.2) is 74.2 Å². The molecular formula is C24H30F3N5O5. The van der Waals surface area contributed by atoms with Crippen molar-refractivity contribution in [2.24, 2.45) is 5.92 Å². The van der Waals surface area contributed by atoms with Gasteiger partial charge in [-0.15, -0.1) is 0 Å². The molecule has 13 heteroatoms. The SMILES string of the molecule is Cc1cccc(C(=O)N2CCC3(CC2)OC(C(=O)NCC(C)C)Cn2ccnc23)n1.O=C(O)C(F)(F)F. The smallest absolute Gasteiger partial charge is 0.475 e. The van der Waals surface area contributed by atoms with Crippen LogP contribution in [0.5, 0.6) is 0 Å². The second-order valence-electron chi connectivity index (χ2n) is 9.40. The number of amides is 2. The minimum Gasteiger partial charge on any atom is -0.475 e. The van der Waals surface area contributed by atoms with Crippen LogP contribution >= 0.6 is 0 Å². The molecule has 0 saturated carbocycles. The summed E-state index contributed by atoms with van der Waals surface area (Å²) in [7, 11) is 0. The van der Waals surface area contributed by atoms with Gasteiger partial charge in [-0.1, -0.05) is 19.9 Å². The van der Waals surface area contributed by atoms with Gasteiger partial charge in [-0.25, -0.2) is 14.8 Å². The van der Waals surface area contributed by atoms with Gasteiger partial charge >= 0.3 is 12.1 Å². The Kier molecular flexibility index (Phi) is 8.57. The minimum atomic E-state index is -5.08. The van der Waals surface area contributed by atoms with Gasteiger partial charge in [0.15, 0.2) is 6.10 Å². The summed E-state index contributed by atoms with van der Waals surface area (Å²) < 4.78 is 40.2. The molecule has 2 aromatic heterocycles. The molecule has 0 aromatic carbocycles. The van der Waals surface area contributed by atoms with Crippen LogP contribution in [0.2, 0.25) is 0 Å². The fourth-order valence-electron chi connectivity index (χ4n) is 4.19. The predicted molar refractivity (Wildman–Crippen MR) is 124 cm³/mol. The Morgan fingerprint density at radius 2 is 1.89 bits per heavy atom. The zero-order valence-electron chi connectivity index (χ0n) is 20.8. The molecule has 10 nitrogen and oxygen atoms in total. The minimum absolute atomic E-state index is 0.0704. The van der Waals surface area contributed by atoms with E-state index in [0.717, 1.165) is 11.5 Å². The lowest BCUT2D eigenvalue weighted by atomic mass is 9.88. The highest BCUT2D eigenvalue weighted by atomic mass is 19.4. The lowest BCUT2D eigenvalue weighted by Gasteiger charge is -2.45. The molecule has 1 spiro atoms. The summed E-state index contributed by atoms with van der Waals surface area (Å²) >= 11 is 0. The number of pyridine rings is 1. The highest BCUT2D eigenvalue weighted by Crippen LogP contribution is 2.40. The van der Waals surface area contributed by atoms with Crippen molar-refractivity contribution >= 4 is 17.8 Å². The van der Waals surface area contributed by atoms with E-state index in [1.54, 1.807) is 12.3 Å². The molecule has 0 bridgehead atoms. The molecule has 1 fully saturated rings. The Morgan fingerprint density at radius 1 is 1.24 bits per heavy atom. The number of carbonyl (C=O) groups excluding carboxylic acids is 2. The first-order valence-electron chi connectivity index (χ1n) is 11.8. The van der Waals surface area contributed by atoms with Crippen molar-refractivity contribution in [1.29, 1.82) is 0 Å². The number of ether oxygens (including phenoxy) is 1. The number of rotatable bonds is 4. The van der Waals surface area contributed by atoms with E-state index in [-0.39, 0.29) is 11.8 Å². The number of carboxylic acid groups (broad SMARTS) is 1. The van der Waals surface area contributed by atoms with Crippen LogP contribution in [0.15, 0.2) is 30.6 Å². The van der Waals surface area contributed by atoms with E-state index in [1.165, 1.54) is 0 Å². The van der Waals surface area contributed by atoms with Crippen LogP contribution in [0.3, 0.4) is 0 Å². The van der Waals surface area contributed by atoms with Crippen LogP contribution in [0, 0.1) is 12.8 Å². The maximum atomic E-state index is 12.9. The molecule has 202 valence electrons. The van der Waals surface area contributed by atoms with Gasteiger partial charge in [0.1, 0.15) is 17.1 Å². The summed E-state index contributed by atoms with van der Waals surface area (Å²) in [6, 6.07) is 5.48. The number of fused-ring (bicyclic) bond motifs is 2. The van der Waals surface area contributed by atoms with E-state index >= 15 is 0 Å². The van der Waals surface area contributed by atoms with Crippen LogP contribution in [-0.2, 0) is 26.5 Å². The molecule has 2 aromatic rings. The van der Waals surface area contributed by atoms with Crippen LogP contribution in [0.1, 0.15) is 48.7 Å². The largest absolute Gasteiger partial charge is 0.490 e. The van der Waals surface area contributed by atoms with Gasteiger partial charge in [0.2, 0.25) is 0 Å². The van der Waals surface area contributed by atoms with Gasteiger partial charge in [0.05, 0.1) is 6.54 Å². The number of piperidine rings is 1. The number of aryl methyl sites for hydroxylation is 1. The van der Waals surface area contributed by atoms with Gasteiger partial charge < -0.3 is 24.6 Å². The number of hydrogen-bond acceptors (Lipinski definition) is 6. The molecule has 2 N–H and O–H groups in total. The van der Waals surface area contributed by atoms with Crippen LogP contribution in [0.4, 0.5) is 13.2 Å². The molecule has 2 amide bonds. The third kappa shape index (κ3) is 6.85. The lowest BCUT2D eigenvalue weighted by molar-refractivity contribution is -0.192. The number of aromatic nitrogens is 3. The average Bonchev–Trinajstić information content (AvgIpc) is 3.32. The number of alkyl halides is 3. The van der Waals surface area contributed by atoms with Crippen molar-refractivity contribution in [3.8, 4) is 0 Å². The Bertz CT molecular complexity index is 1130. The second-order valence-corrected chi connectivity index (χ2v) is 9.40. The fourth-order valence-corrected chi connectivity index (χ4v) is 4.19. The monoisotopic (exact) mass is 525 g/mol. The Balaban J connectivity index is 0.000000479. The topological polar surface area (TPSA) is 127 Å². The summed E-state index contributed by atoms with van der Waals surface area (Å²) in [5, 5.41) is 10.1. The highest BCUT2D eigenvalue weighted by molar-refractivity contribution is 5.92. The van der Waals surface area contributed by atoms with Crippen molar-refractivity contribution in [3.05, 3.63) is 47.8 Å². The summed E-state index contributed by atoms with van der Waals surface area (Å²) in [4.78, 5) is 45.2. The van der Waals surface area contributed by atoms with E-state index in [4.69, 9.17) is 14.6 Å². The van der Waals surface area contributed by atoms with Crippen LogP contribution < -0.4 is 5.32 Å². The van der Waals surface area contributed by atoms with Gasteiger partial charge in [-0.2, -0.15) is 13.2 Å². The molecule has 1 atom stereocenters. The Labute approximate surface area is 211 Å². The van der Waals surface area contributed by atoms with E-state index in [2.05, 4.69) is 29.1 Å². The molecule has 2 aliphatic rings. The van der Waals surface area contributed by atoms with Crippen molar-refractivity contribution in [1.82, 2.24) is 24.8 Å². The third-order valence-electron chi connectivity index (χ3n) is 6.04. The van der Waals surface area contributed by atoms with Crippen molar-refractivity contribution in [2.45, 2.75) is 58.0 Å². The number of likely N-dealkylation sites (tertiary alicyclic amines) is 1. The van der Waals surface area contributed by atoms with E-state index in [1.807, 2.05) is 34.7 Å². The third-order valence-corrected chi connectivity index (χ3v) is 6.04. The standard InChI is InChI=1S/C22H29N5O3.C2HF3O2/c1-15(2)13-24-19(28)18-14-27-12-9-23-21(27)22(30-18)7-10-26(11-8-22)20(29)17-6-4-5-16(3)25-17;3-2(4,5)1(6)7/h4-6,9,12,15,18H,7-8,10-11,13-14H2,1-3H3,(H,24,28);(H,6,7). The van der Waals surface area contributed by atoms with E-state index < -0.39 is 23.9 Å². The molecule has 2 aliphatic heterocycles. The fraction of sp³-hybridized carbons (Fsp3) is 0.542. The number of aliphatic carboxylic acids is 1. The van der Waals surface area contributed by atoms with Gasteiger partial charge in [-0.05, 0) is 25.0 Å². The van der Waals surface area contributed by atoms with Gasteiger partial charge in [0.25, 0.3) is 11.8 Å². The molecule has 1 saturated heterocycles. The maximum absolute atomic E-state index is 12.9. The molecule has 1 unspecified atom stereocenters. The molecule has 4 rings (SSSR count). The number of nitrogens with one attached hydrogen (secondary N) is 1. The van der Waals surface area contributed by atoms with Crippen LogP contribution in [0.25, 0.3) is 0 Å². The number of carboxylic acids is 1. The van der Waals surface area contributed by atoms with Crippen molar-refractivity contribution < 1.29 is 37.4 Å². The van der Waals surface area contributed by atoms with E-state index in [0.29, 0.717) is 50.6 Å². The summed E-state index contributed by atoms with van der Waals surface area (Å²) in [5.41, 5.74) is 0.628. The second kappa shape index (κ2) is 11.3. The molecule has 0 aliphatic carbocycles. The highest BCUT2D eigenvalue weighted by Gasteiger charge is 2.47. The number of imidazole rings is 1. The zero-order chi connectivity index (χ0) is 27.4. The zero-order valence-corrected chi connectivity index (χ0v) is 20.8. The first-order chi connectivity index (χ1) is 17.3. The summed E-state index contributed by atoms with van der Waals surface area (Å²) in [6.07, 6.45) is -0.809. The average molecular weight is 526 g/mol. The maximum Gasteiger partial charge on any atom is 0.490 e. The van der Waals surface area contributed by atoms with Crippen molar-refractivity contribution in [2.75, 3.05) is 19.6 Å². The lowest BCUT2D eigenvalue weighted by Crippen LogP contribution is -2.55. The van der Waals surface area contributed by atoms with Gasteiger partial charge in [-0.3, -0.25) is 9.59 Å². The normalized spacial score (nSPS) is 18.6. The number of hydrogen-bond donors (Lipinski definition) is 2. The molecule has 4 heterocycles. The molecular weight excluding hydrogens is 495 g/mol. The number of carbonyl (C=O) groups is 3. The number of nitrogens with zero attached hydrogens (tertiary/aromatic N) is 4. The number of halogens is 3. The quantitative estimate of drug-likeness (QED) is 0.628. The predicted octanol–water partition coefficient (Wildman–Crippen LogP) is 2.52. The first kappa shape index (κ1) is 28.1. The Hall–Kier alpha value is -3.48. The summed E-state index contributed by atoms with van der Waals surface area (Å²) in [5.74, 6) is -1.70. The molecule has 0 radical (unpaired) electrons. The van der Waals surface area contributed by atoms with E-state index in [9.17, 15) is 22.8 Å². The van der Waals surface area contributed by atoms with Crippen molar-refractivity contribution in [3.63, 3.8) is 0 Å².